The van der Waals surface area contributed by atoms with Gasteiger partial charge in [0.25, 0.3) is 0 Å². The molecule has 1 amide bonds. The Bertz CT molecular complexity index is 496. The van der Waals surface area contributed by atoms with Crippen molar-refractivity contribution in [1.82, 2.24) is 4.90 Å². The van der Waals surface area contributed by atoms with Crippen LogP contribution < -0.4 is 0 Å². The fourth-order valence-electron chi connectivity index (χ4n) is 2.86. The van der Waals surface area contributed by atoms with Crippen molar-refractivity contribution < 1.29 is 9.59 Å². The fraction of sp³-hybridized carbons (Fsp3) is 0.500. The van der Waals surface area contributed by atoms with Gasteiger partial charge in [-0.1, -0.05) is 29.8 Å². The molecule has 1 aliphatic carbocycles. The average molecular weight is 257 g/mol. The largest absolute Gasteiger partial charge is 0.342 e. The first-order valence-corrected chi connectivity index (χ1v) is 7.01. The van der Waals surface area contributed by atoms with Gasteiger partial charge in [0.1, 0.15) is 0 Å². The van der Waals surface area contributed by atoms with Crippen molar-refractivity contribution in [3.05, 3.63) is 35.4 Å². The highest BCUT2D eigenvalue weighted by molar-refractivity contribution is 5.98. The molecular formula is C16H19NO2. The molecule has 1 aromatic carbocycles. The minimum atomic E-state index is 0.0673. The number of amides is 1. The van der Waals surface area contributed by atoms with Crippen LogP contribution in [-0.2, 0) is 4.79 Å². The van der Waals surface area contributed by atoms with E-state index in [0.717, 1.165) is 30.5 Å². The molecule has 0 spiro atoms. The Hall–Kier alpha value is -1.64. The number of benzene rings is 1. The zero-order valence-corrected chi connectivity index (χ0v) is 11.3. The fourth-order valence-corrected chi connectivity index (χ4v) is 2.86. The Balaban J connectivity index is 1.50. The van der Waals surface area contributed by atoms with Crippen molar-refractivity contribution in [3.8, 4) is 0 Å². The quantitative estimate of drug-likeness (QED) is 0.777. The van der Waals surface area contributed by atoms with Crippen molar-refractivity contribution in [2.45, 2.75) is 26.2 Å². The summed E-state index contributed by atoms with van der Waals surface area (Å²) in [6.07, 6.45) is 1.98. The Morgan fingerprint density at radius 2 is 1.74 bits per heavy atom. The maximum atomic E-state index is 12.0. The lowest BCUT2D eigenvalue weighted by atomic mass is 10.0. The Morgan fingerprint density at radius 3 is 2.37 bits per heavy atom. The third kappa shape index (κ3) is 2.70. The highest BCUT2D eigenvalue weighted by Gasteiger charge is 2.46. The molecule has 1 aromatic rings. The molecular weight excluding hydrogens is 238 g/mol. The number of nitrogens with zero attached hydrogens (tertiary/aromatic N) is 1. The van der Waals surface area contributed by atoms with Crippen LogP contribution in [0.4, 0.5) is 0 Å². The molecule has 2 atom stereocenters. The number of hydrogen-bond acceptors (Lipinski definition) is 2. The molecule has 1 saturated heterocycles. The van der Waals surface area contributed by atoms with E-state index in [0.29, 0.717) is 18.4 Å². The van der Waals surface area contributed by atoms with Crippen molar-refractivity contribution in [3.63, 3.8) is 0 Å². The van der Waals surface area contributed by atoms with Gasteiger partial charge in [-0.25, -0.2) is 0 Å². The summed E-state index contributed by atoms with van der Waals surface area (Å²) >= 11 is 0. The lowest BCUT2D eigenvalue weighted by Gasteiger charge is -2.17. The SMILES string of the molecule is Cc1ccc(C(=O)CCC(=O)N2CC3CC3C2)cc1. The first-order chi connectivity index (χ1) is 9.13. The zero-order chi connectivity index (χ0) is 13.4. The van der Waals surface area contributed by atoms with E-state index in [-0.39, 0.29) is 11.7 Å². The molecule has 3 rings (SSSR count). The summed E-state index contributed by atoms with van der Waals surface area (Å²) in [6, 6.07) is 7.55. The maximum Gasteiger partial charge on any atom is 0.223 e. The smallest absolute Gasteiger partial charge is 0.223 e. The van der Waals surface area contributed by atoms with Gasteiger partial charge in [-0.2, -0.15) is 0 Å². The van der Waals surface area contributed by atoms with E-state index in [2.05, 4.69) is 0 Å². The van der Waals surface area contributed by atoms with Gasteiger partial charge in [-0.15, -0.1) is 0 Å². The minimum absolute atomic E-state index is 0.0673. The molecule has 0 radical (unpaired) electrons. The van der Waals surface area contributed by atoms with Crippen LogP contribution in [0.3, 0.4) is 0 Å². The van der Waals surface area contributed by atoms with Crippen LogP contribution in [-0.4, -0.2) is 29.7 Å². The molecule has 19 heavy (non-hydrogen) atoms. The molecule has 2 fully saturated rings. The van der Waals surface area contributed by atoms with E-state index < -0.39 is 0 Å². The lowest BCUT2D eigenvalue weighted by molar-refractivity contribution is -0.130. The van der Waals surface area contributed by atoms with Crippen molar-refractivity contribution in [2.75, 3.05) is 13.1 Å². The van der Waals surface area contributed by atoms with Gasteiger partial charge in [0, 0.05) is 31.5 Å². The normalized spacial score (nSPS) is 24.2. The first-order valence-electron chi connectivity index (χ1n) is 7.01. The van der Waals surface area contributed by atoms with Crippen LogP contribution in [0, 0.1) is 18.8 Å². The predicted octanol–water partition coefficient (Wildman–Crippen LogP) is 2.44. The minimum Gasteiger partial charge on any atom is -0.342 e. The van der Waals surface area contributed by atoms with E-state index in [1.807, 2.05) is 36.1 Å². The number of aryl methyl sites for hydroxylation is 1. The van der Waals surface area contributed by atoms with Gasteiger partial charge in [-0.05, 0) is 25.2 Å². The molecule has 0 bridgehead atoms. The molecule has 0 aromatic heterocycles. The van der Waals surface area contributed by atoms with E-state index in [9.17, 15) is 9.59 Å². The molecule has 3 heteroatoms. The number of fused-ring (bicyclic) bond motifs is 1. The summed E-state index contributed by atoms with van der Waals surface area (Å²) in [5.41, 5.74) is 1.85. The number of Topliss-reactive ketones (excluding diaryl/α,β-unsaturated/α-hetero) is 1. The summed E-state index contributed by atoms with van der Waals surface area (Å²) < 4.78 is 0. The van der Waals surface area contributed by atoms with Gasteiger partial charge in [-0.3, -0.25) is 9.59 Å². The van der Waals surface area contributed by atoms with E-state index >= 15 is 0 Å². The van der Waals surface area contributed by atoms with Gasteiger partial charge in [0.2, 0.25) is 5.91 Å². The molecule has 2 aliphatic rings. The monoisotopic (exact) mass is 257 g/mol. The van der Waals surface area contributed by atoms with Crippen LogP contribution in [0.5, 0.6) is 0 Å². The highest BCUT2D eigenvalue weighted by Crippen LogP contribution is 2.44. The lowest BCUT2D eigenvalue weighted by Crippen LogP contribution is -2.30. The summed E-state index contributed by atoms with van der Waals surface area (Å²) in [4.78, 5) is 25.9. The maximum absolute atomic E-state index is 12.0. The zero-order valence-electron chi connectivity index (χ0n) is 11.3. The second-order valence-electron chi connectivity index (χ2n) is 5.84. The van der Waals surface area contributed by atoms with E-state index in [4.69, 9.17) is 0 Å². The standard InChI is InChI=1S/C16H19NO2/c1-11-2-4-12(5-3-11)15(18)6-7-16(19)17-9-13-8-14(13)10-17/h2-5,13-14H,6-10H2,1H3. The molecule has 1 aliphatic heterocycles. The number of carbonyl (C=O) groups excluding carboxylic acids is 2. The number of rotatable bonds is 4. The van der Waals surface area contributed by atoms with Crippen LogP contribution in [0.15, 0.2) is 24.3 Å². The topological polar surface area (TPSA) is 37.4 Å². The Kier molecular flexibility index (Phi) is 3.13. The number of likely N-dealkylation sites (tertiary alicyclic amines) is 1. The van der Waals surface area contributed by atoms with Crippen molar-refractivity contribution in [1.29, 1.82) is 0 Å². The molecule has 100 valence electrons. The van der Waals surface area contributed by atoms with Gasteiger partial charge in [0.15, 0.2) is 5.78 Å². The molecule has 1 saturated carbocycles. The van der Waals surface area contributed by atoms with Crippen molar-refractivity contribution in [2.24, 2.45) is 11.8 Å². The van der Waals surface area contributed by atoms with E-state index in [1.54, 1.807) is 0 Å². The molecule has 1 heterocycles. The van der Waals surface area contributed by atoms with E-state index in [1.165, 1.54) is 6.42 Å². The third-order valence-electron chi connectivity index (χ3n) is 4.27. The third-order valence-corrected chi connectivity index (χ3v) is 4.27. The average Bonchev–Trinajstić information content (AvgIpc) is 3.03. The Labute approximate surface area is 113 Å². The van der Waals surface area contributed by atoms with Crippen LogP contribution >= 0.6 is 0 Å². The summed E-state index contributed by atoms with van der Waals surface area (Å²) in [5, 5.41) is 0. The van der Waals surface area contributed by atoms with Crippen molar-refractivity contribution >= 4 is 11.7 Å². The van der Waals surface area contributed by atoms with Gasteiger partial charge >= 0.3 is 0 Å². The first kappa shape index (κ1) is 12.4. The van der Waals surface area contributed by atoms with Crippen LogP contribution in [0.25, 0.3) is 0 Å². The molecule has 3 nitrogen and oxygen atoms in total. The number of piperidine rings is 1. The second-order valence-corrected chi connectivity index (χ2v) is 5.84. The number of carbonyl (C=O) groups is 2. The molecule has 2 unspecified atom stereocenters. The van der Waals surface area contributed by atoms with Gasteiger partial charge < -0.3 is 4.90 Å². The highest BCUT2D eigenvalue weighted by atomic mass is 16.2. The summed E-state index contributed by atoms with van der Waals surface area (Å²) in [5.74, 6) is 1.74. The van der Waals surface area contributed by atoms with Crippen LogP contribution in [0.1, 0.15) is 35.2 Å². The predicted molar refractivity (Wildman–Crippen MR) is 72.9 cm³/mol. The number of hydrogen-bond donors (Lipinski definition) is 0. The molecule has 0 N–H and O–H groups in total. The Morgan fingerprint density at radius 1 is 1.11 bits per heavy atom. The second kappa shape index (κ2) is 4.80. The number of ketones is 1. The summed E-state index contributed by atoms with van der Waals surface area (Å²) in [7, 11) is 0. The van der Waals surface area contributed by atoms with Crippen LogP contribution in [0.2, 0.25) is 0 Å². The summed E-state index contributed by atoms with van der Waals surface area (Å²) in [6.45, 7) is 3.83. The van der Waals surface area contributed by atoms with Gasteiger partial charge in [0.05, 0.1) is 0 Å².